The highest BCUT2D eigenvalue weighted by Gasteiger charge is 2.09. The quantitative estimate of drug-likeness (QED) is 0.800. The van der Waals surface area contributed by atoms with Crippen molar-refractivity contribution in [2.24, 2.45) is 0 Å². The van der Waals surface area contributed by atoms with Crippen LogP contribution in [0.4, 0.5) is 5.69 Å². The summed E-state index contributed by atoms with van der Waals surface area (Å²) in [4.78, 5) is 4.27. The molecule has 0 unspecified atom stereocenters. The van der Waals surface area contributed by atoms with Crippen molar-refractivity contribution >= 4 is 40.0 Å². The third-order valence-electron chi connectivity index (χ3n) is 2.82. The average Bonchev–Trinajstić information content (AvgIpc) is 2.88. The van der Waals surface area contributed by atoms with Gasteiger partial charge in [0, 0.05) is 18.4 Å². The molecule has 2 heterocycles. The van der Waals surface area contributed by atoms with E-state index in [2.05, 4.69) is 19.0 Å². The molecule has 6 heteroatoms. The summed E-state index contributed by atoms with van der Waals surface area (Å²) >= 11 is 7.40. The molecular formula is C13H11ClN4S. The minimum absolute atomic E-state index is 0.653. The third-order valence-corrected chi connectivity index (χ3v) is 3.68. The Morgan fingerprint density at radius 3 is 2.89 bits per heavy atom. The minimum atomic E-state index is 0.653. The van der Waals surface area contributed by atoms with Gasteiger partial charge < -0.3 is 5.32 Å². The van der Waals surface area contributed by atoms with Crippen LogP contribution in [0.25, 0.3) is 11.0 Å². The van der Waals surface area contributed by atoms with E-state index >= 15 is 0 Å². The van der Waals surface area contributed by atoms with Gasteiger partial charge in [-0.05, 0) is 30.7 Å². The maximum atomic E-state index is 6.21. The smallest absolute Gasteiger partial charge is 0.129 e. The number of nitrogens with one attached hydrogen (secondary N) is 1. The number of fused-ring (bicyclic) bond motifs is 1. The van der Waals surface area contributed by atoms with Gasteiger partial charge in [-0.2, -0.15) is 8.75 Å². The fourth-order valence-corrected chi connectivity index (χ4v) is 2.55. The van der Waals surface area contributed by atoms with Gasteiger partial charge in [0.2, 0.25) is 0 Å². The first-order valence-corrected chi connectivity index (χ1v) is 6.91. The van der Waals surface area contributed by atoms with Crippen LogP contribution in [0.15, 0.2) is 30.5 Å². The van der Waals surface area contributed by atoms with Crippen molar-refractivity contribution in [1.29, 1.82) is 0 Å². The Bertz CT molecular complexity index is 708. The van der Waals surface area contributed by atoms with Crippen molar-refractivity contribution in [1.82, 2.24) is 13.7 Å². The molecule has 0 saturated heterocycles. The second kappa shape index (κ2) is 5.11. The number of aromatic nitrogens is 3. The summed E-state index contributed by atoms with van der Waals surface area (Å²) in [5, 5.41) is 3.96. The van der Waals surface area contributed by atoms with Gasteiger partial charge in [-0.25, -0.2) is 0 Å². The number of hydrogen-bond donors (Lipinski definition) is 1. The van der Waals surface area contributed by atoms with E-state index in [9.17, 15) is 0 Å². The Labute approximate surface area is 119 Å². The summed E-state index contributed by atoms with van der Waals surface area (Å²) in [5.41, 5.74) is 4.61. The van der Waals surface area contributed by atoms with Crippen molar-refractivity contribution in [2.45, 2.75) is 13.5 Å². The van der Waals surface area contributed by atoms with Crippen LogP contribution in [0.3, 0.4) is 0 Å². The van der Waals surface area contributed by atoms with Gasteiger partial charge in [-0.1, -0.05) is 17.7 Å². The van der Waals surface area contributed by atoms with E-state index < -0.39 is 0 Å². The molecule has 0 amide bonds. The molecule has 0 saturated carbocycles. The zero-order chi connectivity index (χ0) is 13.2. The monoisotopic (exact) mass is 290 g/mol. The molecule has 0 radical (unpaired) electrons. The summed E-state index contributed by atoms with van der Waals surface area (Å²) in [6, 6.07) is 7.74. The normalized spacial score (nSPS) is 10.8. The van der Waals surface area contributed by atoms with Gasteiger partial charge >= 0.3 is 0 Å². The number of nitrogens with zero attached hydrogens (tertiary/aromatic N) is 3. The van der Waals surface area contributed by atoms with Crippen LogP contribution < -0.4 is 5.32 Å². The number of hydrogen-bond acceptors (Lipinski definition) is 5. The molecule has 2 aromatic heterocycles. The molecule has 3 aromatic rings. The summed E-state index contributed by atoms with van der Waals surface area (Å²) in [6.07, 6.45) is 1.86. The Balaban J connectivity index is 1.87. The highest BCUT2D eigenvalue weighted by atomic mass is 35.5. The summed E-state index contributed by atoms with van der Waals surface area (Å²) in [6.45, 7) is 2.62. The number of halogens is 1. The van der Waals surface area contributed by atoms with Crippen LogP contribution >= 0.6 is 23.3 Å². The molecule has 4 nitrogen and oxygen atoms in total. The lowest BCUT2D eigenvalue weighted by Gasteiger charge is -2.08. The molecule has 19 heavy (non-hydrogen) atoms. The Kier molecular flexibility index (Phi) is 3.31. The van der Waals surface area contributed by atoms with E-state index in [1.54, 1.807) is 0 Å². The van der Waals surface area contributed by atoms with Crippen molar-refractivity contribution < 1.29 is 0 Å². The van der Waals surface area contributed by atoms with Crippen LogP contribution in [0.5, 0.6) is 0 Å². The first-order valence-electron chi connectivity index (χ1n) is 5.80. The number of anilines is 1. The lowest BCUT2D eigenvalue weighted by atomic mass is 10.2. The largest absolute Gasteiger partial charge is 0.378 e. The van der Waals surface area contributed by atoms with Crippen LogP contribution in [0.2, 0.25) is 5.02 Å². The van der Waals surface area contributed by atoms with Crippen molar-refractivity contribution in [2.75, 3.05) is 5.32 Å². The van der Waals surface area contributed by atoms with Crippen LogP contribution in [-0.4, -0.2) is 13.7 Å². The first-order chi connectivity index (χ1) is 9.24. The third kappa shape index (κ3) is 2.52. The maximum Gasteiger partial charge on any atom is 0.129 e. The molecule has 0 aliphatic heterocycles. The van der Waals surface area contributed by atoms with Gasteiger partial charge in [0.25, 0.3) is 0 Å². The van der Waals surface area contributed by atoms with E-state index in [0.717, 1.165) is 28.0 Å². The lowest BCUT2D eigenvalue weighted by molar-refractivity contribution is 1.09. The lowest BCUT2D eigenvalue weighted by Crippen LogP contribution is -2.01. The molecule has 0 fully saturated rings. The van der Waals surface area contributed by atoms with Gasteiger partial charge in [-0.3, -0.25) is 4.98 Å². The Hall–Kier alpha value is -1.72. The molecule has 96 valence electrons. The van der Waals surface area contributed by atoms with Crippen molar-refractivity contribution in [3.05, 3.63) is 46.7 Å². The molecule has 1 aromatic carbocycles. The van der Waals surface area contributed by atoms with Gasteiger partial charge in [0.05, 0.1) is 22.4 Å². The zero-order valence-electron chi connectivity index (χ0n) is 10.2. The van der Waals surface area contributed by atoms with Crippen molar-refractivity contribution in [3.8, 4) is 0 Å². The van der Waals surface area contributed by atoms with Gasteiger partial charge in [0.1, 0.15) is 11.0 Å². The predicted molar refractivity (Wildman–Crippen MR) is 78.7 cm³/mol. The second-order valence-electron chi connectivity index (χ2n) is 4.22. The van der Waals surface area contributed by atoms with Crippen LogP contribution in [0, 0.1) is 6.92 Å². The molecule has 0 aliphatic carbocycles. The molecule has 3 rings (SSSR count). The number of aryl methyl sites for hydroxylation is 1. The molecule has 0 aliphatic rings. The van der Waals surface area contributed by atoms with Crippen LogP contribution in [0.1, 0.15) is 11.3 Å². The second-order valence-corrected chi connectivity index (χ2v) is 5.15. The summed E-state index contributed by atoms with van der Waals surface area (Å²) in [7, 11) is 0. The molecule has 0 bridgehead atoms. The predicted octanol–water partition coefficient (Wildman–Crippen LogP) is 3.66. The highest BCUT2D eigenvalue weighted by Crippen LogP contribution is 2.30. The molecule has 0 atom stereocenters. The van der Waals surface area contributed by atoms with Gasteiger partial charge in [0.15, 0.2) is 0 Å². The van der Waals surface area contributed by atoms with Gasteiger partial charge in [-0.15, -0.1) is 0 Å². The summed E-state index contributed by atoms with van der Waals surface area (Å²) in [5.74, 6) is 0. The molecule has 0 spiro atoms. The van der Waals surface area contributed by atoms with E-state index in [1.807, 2.05) is 37.4 Å². The standard InChI is InChI=1S/C13H11ClN4S/c1-8-2-3-9(6-15-8)7-16-12-10(14)4-5-11-13(12)18-19-17-11/h2-6,16H,7H2,1H3. The Morgan fingerprint density at radius 1 is 1.21 bits per heavy atom. The highest BCUT2D eigenvalue weighted by molar-refractivity contribution is 7.00. The zero-order valence-corrected chi connectivity index (χ0v) is 11.8. The van der Waals surface area contributed by atoms with E-state index in [-0.39, 0.29) is 0 Å². The first kappa shape index (κ1) is 12.3. The summed E-state index contributed by atoms with van der Waals surface area (Å²) < 4.78 is 8.48. The minimum Gasteiger partial charge on any atom is -0.378 e. The van der Waals surface area contributed by atoms with E-state index in [4.69, 9.17) is 11.6 Å². The number of pyridine rings is 1. The topological polar surface area (TPSA) is 50.7 Å². The SMILES string of the molecule is Cc1ccc(CNc2c(Cl)ccc3nsnc23)cn1. The average molecular weight is 291 g/mol. The number of benzene rings is 1. The molecular weight excluding hydrogens is 280 g/mol. The Morgan fingerprint density at radius 2 is 2.11 bits per heavy atom. The fourth-order valence-electron chi connectivity index (χ4n) is 1.79. The van der Waals surface area contributed by atoms with Crippen LogP contribution in [-0.2, 0) is 6.54 Å². The molecule has 1 N–H and O–H groups in total. The van der Waals surface area contributed by atoms with Crippen molar-refractivity contribution in [3.63, 3.8) is 0 Å². The number of rotatable bonds is 3. The fraction of sp³-hybridized carbons (Fsp3) is 0.154. The maximum absolute atomic E-state index is 6.21. The van der Waals surface area contributed by atoms with E-state index in [1.165, 1.54) is 11.7 Å². The van der Waals surface area contributed by atoms with E-state index in [0.29, 0.717) is 11.6 Å².